The first kappa shape index (κ1) is 8.88. The summed E-state index contributed by atoms with van der Waals surface area (Å²) in [6.07, 6.45) is 1.70. The third kappa shape index (κ3) is 5.76. The molecule has 0 saturated heterocycles. The van der Waals surface area contributed by atoms with Crippen LogP contribution < -0.4 is 11.5 Å². The summed E-state index contributed by atoms with van der Waals surface area (Å²) >= 11 is 0. The van der Waals surface area contributed by atoms with Crippen LogP contribution in [0.25, 0.3) is 0 Å². The lowest BCUT2D eigenvalue weighted by molar-refractivity contribution is 0.0607. The van der Waals surface area contributed by atoms with E-state index < -0.39 is 0 Å². The van der Waals surface area contributed by atoms with Crippen molar-refractivity contribution in [3.63, 3.8) is 0 Å². The van der Waals surface area contributed by atoms with Crippen LogP contribution in [0.3, 0.4) is 0 Å². The molecular weight excluding hydrogens is 116 g/mol. The molecule has 0 aromatic carbocycles. The van der Waals surface area contributed by atoms with Crippen molar-refractivity contribution in [2.24, 2.45) is 11.5 Å². The summed E-state index contributed by atoms with van der Waals surface area (Å²) in [6, 6.07) is 0. The number of hydrogen-bond donors (Lipinski definition) is 2. The minimum absolute atomic E-state index is 0.112. The molecule has 0 bridgehead atoms. The fourth-order valence-corrected chi connectivity index (χ4v) is 0.616. The van der Waals surface area contributed by atoms with Gasteiger partial charge in [-0.25, -0.2) is 0 Å². The van der Waals surface area contributed by atoms with Crippen molar-refractivity contribution in [2.75, 3.05) is 13.2 Å². The Morgan fingerprint density at radius 1 is 1.56 bits per heavy atom. The van der Waals surface area contributed by atoms with Crippen LogP contribution in [0.1, 0.15) is 19.8 Å². The molecule has 0 aliphatic rings. The standard InChI is InChI=1S/C6H16N2O/c1-2-9-6(8)4-3-5-7/h6H,2-5,7-8H2,1H3. The van der Waals surface area contributed by atoms with E-state index in [-0.39, 0.29) is 6.23 Å². The molecule has 0 heterocycles. The summed E-state index contributed by atoms with van der Waals surface area (Å²) in [4.78, 5) is 0. The van der Waals surface area contributed by atoms with Crippen LogP contribution in [-0.4, -0.2) is 19.4 Å². The molecule has 1 unspecified atom stereocenters. The van der Waals surface area contributed by atoms with Crippen LogP contribution in [0.5, 0.6) is 0 Å². The number of nitrogens with two attached hydrogens (primary N) is 2. The zero-order chi connectivity index (χ0) is 7.11. The molecule has 3 heteroatoms. The molecule has 56 valence electrons. The second-order valence-corrected chi connectivity index (χ2v) is 1.92. The molecule has 4 N–H and O–H groups in total. The SMILES string of the molecule is CCOC(N)CCCN. The lowest BCUT2D eigenvalue weighted by Crippen LogP contribution is -2.24. The van der Waals surface area contributed by atoms with Crippen LogP contribution in [0, 0.1) is 0 Å². The maximum absolute atomic E-state index is 5.49. The van der Waals surface area contributed by atoms with E-state index in [0.29, 0.717) is 13.2 Å². The average molecular weight is 132 g/mol. The third-order valence-electron chi connectivity index (χ3n) is 1.07. The Hall–Kier alpha value is -0.120. The van der Waals surface area contributed by atoms with Gasteiger partial charge in [0.25, 0.3) is 0 Å². The van der Waals surface area contributed by atoms with Crippen LogP contribution in [-0.2, 0) is 4.74 Å². The van der Waals surface area contributed by atoms with Crippen LogP contribution in [0.4, 0.5) is 0 Å². The summed E-state index contributed by atoms with van der Waals surface area (Å²) in [5.41, 5.74) is 10.8. The van der Waals surface area contributed by atoms with Gasteiger partial charge in [-0.3, -0.25) is 0 Å². The van der Waals surface area contributed by atoms with Gasteiger partial charge in [0.1, 0.15) is 6.23 Å². The van der Waals surface area contributed by atoms with Gasteiger partial charge < -0.3 is 16.2 Å². The molecule has 0 saturated carbocycles. The molecule has 0 aromatic rings. The van der Waals surface area contributed by atoms with E-state index in [9.17, 15) is 0 Å². The smallest absolute Gasteiger partial charge is 0.105 e. The van der Waals surface area contributed by atoms with E-state index in [4.69, 9.17) is 16.2 Å². The molecule has 1 atom stereocenters. The maximum atomic E-state index is 5.49. The molecule has 3 nitrogen and oxygen atoms in total. The zero-order valence-electron chi connectivity index (χ0n) is 5.97. The fourth-order valence-electron chi connectivity index (χ4n) is 0.616. The van der Waals surface area contributed by atoms with Gasteiger partial charge in [-0.15, -0.1) is 0 Å². The Labute approximate surface area is 56.4 Å². The van der Waals surface area contributed by atoms with Gasteiger partial charge in [-0.2, -0.15) is 0 Å². The largest absolute Gasteiger partial charge is 0.364 e. The molecule has 9 heavy (non-hydrogen) atoms. The Balaban J connectivity index is 2.95. The molecule has 0 aliphatic heterocycles. The first-order valence-electron chi connectivity index (χ1n) is 3.38. The van der Waals surface area contributed by atoms with Crippen LogP contribution >= 0.6 is 0 Å². The van der Waals surface area contributed by atoms with Crippen molar-refractivity contribution in [2.45, 2.75) is 26.0 Å². The van der Waals surface area contributed by atoms with E-state index in [1.165, 1.54) is 0 Å². The monoisotopic (exact) mass is 132 g/mol. The van der Waals surface area contributed by atoms with E-state index >= 15 is 0 Å². The van der Waals surface area contributed by atoms with Gasteiger partial charge in [-0.1, -0.05) is 0 Å². The summed E-state index contributed by atoms with van der Waals surface area (Å²) in [7, 11) is 0. The van der Waals surface area contributed by atoms with E-state index in [1.54, 1.807) is 0 Å². The lowest BCUT2D eigenvalue weighted by Gasteiger charge is -2.09. The quantitative estimate of drug-likeness (QED) is 0.519. The normalized spacial score (nSPS) is 13.7. The van der Waals surface area contributed by atoms with Crippen molar-refractivity contribution < 1.29 is 4.74 Å². The van der Waals surface area contributed by atoms with Crippen LogP contribution in [0.2, 0.25) is 0 Å². The lowest BCUT2D eigenvalue weighted by atomic mass is 10.3. The Morgan fingerprint density at radius 2 is 2.22 bits per heavy atom. The Kier molecular flexibility index (Phi) is 5.93. The van der Waals surface area contributed by atoms with E-state index in [2.05, 4.69) is 0 Å². The van der Waals surface area contributed by atoms with Gasteiger partial charge in [0, 0.05) is 6.61 Å². The maximum Gasteiger partial charge on any atom is 0.105 e. The van der Waals surface area contributed by atoms with E-state index in [1.807, 2.05) is 6.92 Å². The van der Waals surface area contributed by atoms with Crippen molar-refractivity contribution in [3.8, 4) is 0 Å². The zero-order valence-corrected chi connectivity index (χ0v) is 5.97. The Bertz CT molecular complexity index is 59.0. The van der Waals surface area contributed by atoms with Crippen molar-refractivity contribution in [3.05, 3.63) is 0 Å². The molecule has 0 spiro atoms. The summed E-state index contributed by atoms with van der Waals surface area (Å²) < 4.78 is 5.07. The number of ether oxygens (including phenoxy) is 1. The topological polar surface area (TPSA) is 61.3 Å². The van der Waals surface area contributed by atoms with Gasteiger partial charge in [0.2, 0.25) is 0 Å². The van der Waals surface area contributed by atoms with Crippen molar-refractivity contribution >= 4 is 0 Å². The number of hydrogen-bond acceptors (Lipinski definition) is 3. The highest BCUT2D eigenvalue weighted by Gasteiger charge is 1.97. The van der Waals surface area contributed by atoms with Gasteiger partial charge in [-0.05, 0) is 26.3 Å². The predicted molar refractivity (Wildman–Crippen MR) is 37.9 cm³/mol. The Morgan fingerprint density at radius 3 is 2.67 bits per heavy atom. The minimum Gasteiger partial charge on any atom is -0.364 e. The fraction of sp³-hybridized carbons (Fsp3) is 1.00. The highest BCUT2D eigenvalue weighted by Crippen LogP contribution is 1.93. The molecule has 0 amide bonds. The van der Waals surface area contributed by atoms with Crippen molar-refractivity contribution in [1.82, 2.24) is 0 Å². The summed E-state index contributed by atoms with van der Waals surface area (Å²) in [5.74, 6) is 0. The minimum atomic E-state index is -0.112. The van der Waals surface area contributed by atoms with Gasteiger partial charge >= 0.3 is 0 Å². The van der Waals surface area contributed by atoms with Gasteiger partial charge in [0.05, 0.1) is 0 Å². The molecule has 0 fully saturated rings. The van der Waals surface area contributed by atoms with E-state index in [0.717, 1.165) is 12.8 Å². The summed E-state index contributed by atoms with van der Waals surface area (Å²) in [6.45, 7) is 3.31. The van der Waals surface area contributed by atoms with Gasteiger partial charge in [0.15, 0.2) is 0 Å². The van der Waals surface area contributed by atoms with Crippen LogP contribution in [0.15, 0.2) is 0 Å². The predicted octanol–water partition coefficient (Wildman–Crippen LogP) is 0.0466. The van der Waals surface area contributed by atoms with Crippen molar-refractivity contribution in [1.29, 1.82) is 0 Å². The molecule has 0 aliphatic carbocycles. The number of rotatable bonds is 5. The third-order valence-corrected chi connectivity index (χ3v) is 1.07. The molecular formula is C6H16N2O. The first-order chi connectivity index (χ1) is 4.31. The molecule has 0 aromatic heterocycles. The first-order valence-corrected chi connectivity index (χ1v) is 3.38. The highest BCUT2D eigenvalue weighted by atomic mass is 16.5. The second-order valence-electron chi connectivity index (χ2n) is 1.92. The highest BCUT2D eigenvalue weighted by molar-refractivity contribution is 4.47. The second kappa shape index (κ2) is 6.01. The average Bonchev–Trinajstić information content (AvgIpc) is 1.85. The molecule has 0 rings (SSSR count). The molecule has 0 radical (unpaired) electrons. The summed E-state index contributed by atoms with van der Waals surface area (Å²) in [5, 5.41) is 0.